The topological polar surface area (TPSA) is 70.6 Å². The first-order chi connectivity index (χ1) is 17.6. The summed E-state index contributed by atoms with van der Waals surface area (Å²) in [6, 6.07) is 21.1. The van der Waals surface area contributed by atoms with Crippen molar-refractivity contribution in [3.63, 3.8) is 0 Å². The minimum Gasteiger partial charge on any atom is -0.490 e. The van der Waals surface area contributed by atoms with Crippen molar-refractivity contribution < 1.29 is 14.6 Å². The number of hydrogen-bond acceptors (Lipinski definition) is 4. The molecule has 3 N–H and O–H groups in total. The summed E-state index contributed by atoms with van der Waals surface area (Å²) in [7, 11) is 0. The predicted octanol–water partition coefficient (Wildman–Crippen LogP) is 5.64. The highest BCUT2D eigenvalue weighted by Crippen LogP contribution is 2.59. The Kier molecular flexibility index (Phi) is 6.44. The van der Waals surface area contributed by atoms with Gasteiger partial charge in [-0.2, -0.15) is 0 Å². The lowest BCUT2D eigenvalue weighted by atomic mass is 9.49. The lowest BCUT2D eigenvalue weighted by Crippen LogP contribution is -2.51. The lowest BCUT2D eigenvalue weighted by molar-refractivity contribution is -0.0524. The number of aliphatic hydroxyl groups excluding tert-OH is 1. The molecule has 4 aliphatic rings. The molecule has 4 bridgehead atoms. The van der Waals surface area contributed by atoms with Crippen LogP contribution < -0.4 is 15.4 Å². The Bertz CT molecular complexity index is 1200. The van der Waals surface area contributed by atoms with E-state index in [0.717, 1.165) is 40.8 Å². The summed E-state index contributed by atoms with van der Waals surface area (Å²) in [5.74, 6) is 3.06. The van der Waals surface area contributed by atoms with Crippen LogP contribution in [-0.4, -0.2) is 36.8 Å². The summed E-state index contributed by atoms with van der Waals surface area (Å²) < 4.78 is 5.92. The van der Waals surface area contributed by atoms with E-state index in [0.29, 0.717) is 23.3 Å². The summed E-state index contributed by atoms with van der Waals surface area (Å²) in [5, 5.41) is 19.3. The third-order valence-electron chi connectivity index (χ3n) is 8.62. The second-order valence-electron chi connectivity index (χ2n) is 11.5. The molecule has 3 aromatic rings. The fourth-order valence-corrected chi connectivity index (χ4v) is 7.50. The number of para-hydroxylation sites is 1. The molecule has 188 valence electrons. The Morgan fingerprint density at radius 2 is 1.58 bits per heavy atom. The number of rotatable bonds is 9. The van der Waals surface area contributed by atoms with Crippen LogP contribution in [-0.2, 0) is 0 Å². The van der Waals surface area contributed by atoms with E-state index >= 15 is 0 Å². The fourth-order valence-electron chi connectivity index (χ4n) is 7.50. The van der Waals surface area contributed by atoms with Gasteiger partial charge in [0.05, 0.1) is 5.56 Å². The lowest BCUT2D eigenvalue weighted by Gasteiger charge is -2.57. The number of carbonyl (C=O) groups is 1. The number of nitrogens with one attached hydrogen (secondary N) is 2. The van der Waals surface area contributed by atoms with Crippen LogP contribution in [0.5, 0.6) is 5.75 Å². The summed E-state index contributed by atoms with van der Waals surface area (Å²) >= 11 is 0. The summed E-state index contributed by atoms with van der Waals surface area (Å²) in [6.45, 7) is 1.65. The van der Waals surface area contributed by atoms with E-state index in [2.05, 4.69) is 10.6 Å². The summed E-state index contributed by atoms with van der Waals surface area (Å²) in [5.41, 5.74) is 1.64. The number of anilines is 1. The largest absolute Gasteiger partial charge is 0.490 e. The molecule has 4 saturated carbocycles. The summed E-state index contributed by atoms with van der Waals surface area (Å²) in [4.78, 5) is 13.0. The molecule has 0 radical (unpaired) electrons. The smallest absolute Gasteiger partial charge is 0.259 e. The number of amides is 1. The predicted molar refractivity (Wildman–Crippen MR) is 143 cm³/mol. The molecule has 7 rings (SSSR count). The first kappa shape index (κ1) is 23.5. The molecule has 36 heavy (non-hydrogen) atoms. The highest BCUT2D eigenvalue weighted by molar-refractivity contribution is 6.07. The Balaban J connectivity index is 1.02. The average Bonchev–Trinajstić information content (AvgIpc) is 2.86. The van der Waals surface area contributed by atoms with E-state index < -0.39 is 6.10 Å². The molecule has 0 aliphatic heterocycles. The molecule has 3 aromatic carbocycles. The maximum absolute atomic E-state index is 13.0. The normalized spacial score (nSPS) is 27.2. The molecular weight excluding hydrogens is 448 g/mol. The fraction of sp³-hybridized carbons (Fsp3) is 0.452. The van der Waals surface area contributed by atoms with Crippen molar-refractivity contribution >= 4 is 22.4 Å². The number of carbonyl (C=O) groups excluding carboxylic acids is 1. The SMILES string of the molecule is O=C(Nc1ccc2ccccc2c1)c1ccccc1OCC(O)CNCC12CC3CC(CC(C3)C1)C2. The molecule has 0 spiro atoms. The summed E-state index contributed by atoms with van der Waals surface area (Å²) in [6.07, 6.45) is 7.79. The highest BCUT2D eigenvalue weighted by Gasteiger charge is 2.50. The molecule has 5 nitrogen and oxygen atoms in total. The van der Waals surface area contributed by atoms with Crippen molar-refractivity contribution in [2.75, 3.05) is 25.0 Å². The van der Waals surface area contributed by atoms with Crippen molar-refractivity contribution in [3.8, 4) is 5.75 Å². The van der Waals surface area contributed by atoms with Crippen LogP contribution in [0.2, 0.25) is 0 Å². The monoisotopic (exact) mass is 484 g/mol. The van der Waals surface area contributed by atoms with Crippen molar-refractivity contribution in [3.05, 3.63) is 72.3 Å². The van der Waals surface area contributed by atoms with Gasteiger partial charge in [0.15, 0.2) is 0 Å². The van der Waals surface area contributed by atoms with E-state index in [1.165, 1.54) is 38.5 Å². The van der Waals surface area contributed by atoms with Crippen molar-refractivity contribution in [2.45, 2.75) is 44.6 Å². The van der Waals surface area contributed by atoms with Gasteiger partial charge in [0.25, 0.3) is 5.91 Å². The van der Waals surface area contributed by atoms with Crippen LogP contribution in [0.4, 0.5) is 5.69 Å². The molecule has 0 heterocycles. The molecule has 0 aromatic heterocycles. The standard InChI is InChI=1S/C31H36N2O3/c34-27(18-32-20-31-15-21-11-22(16-31)13-23(12-21)17-31)19-36-29-8-4-3-7-28(29)30(35)33-26-10-9-24-5-1-2-6-25(24)14-26/h1-10,14,21-23,27,32,34H,11-13,15-20H2,(H,33,35). The van der Waals surface area contributed by atoms with Crippen molar-refractivity contribution in [1.29, 1.82) is 0 Å². The van der Waals surface area contributed by atoms with Crippen LogP contribution in [0.15, 0.2) is 66.7 Å². The number of fused-ring (bicyclic) bond motifs is 1. The van der Waals surface area contributed by atoms with E-state index in [4.69, 9.17) is 4.74 Å². The molecule has 1 unspecified atom stereocenters. The van der Waals surface area contributed by atoms with Crippen molar-refractivity contribution in [2.24, 2.45) is 23.2 Å². The first-order valence-electron chi connectivity index (χ1n) is 13.5. The van der Waals surface area contributed by atoms with E-state index in [1.807, 2.05) is 54.6 Å². The maximum atomic E-state index is 13.0. The van der Waals surface area contributed by atoms with Gasteiger partial charge in [0, 0.05) is 18.8 Å². The zero-order valence-corrected chi connectivity index (χ0v) is 20.8. The van der Waals surface area contributed by atoms with Gasteiger partial charge in [0.2, 0.25) is 0 Å². The first-order valence-corrected chi connectivity index (χ1v) is 13.5. The molecule has 1 atom stereocenters. The molecule has 1 amide bonds. The Morgan fingerprint density at radius 1 is 0.917 bits per heavy atom. The van der Waals surface area contributed by atoms with E-state index in [9.17, 15) is 9.90 Å². The second-order valence-corrected chi connectivity index (χ2v) is 11.5. The maximum Gasteiger partial charge on any atom is 0.259 e. The van der Waals surface area contributed by atoms with Crippen molar-refractivity contribution in [1.82, 2.24) is 5.32 Å². The van der Waals surface area contributed by atoms with Crippen LogP contribution in [0.3, 0.4) is 0 Å². The molecule has 4 aliphatic carbocycles. The Morgan fingerprint density at radius 3 is 2.33 bits per heavy atom. The number of benzene rings is 3. The van der Waals surface area contributed by atoms with Gasteiger partial charge in [0.1, 0.15) is 18.5 Å². The zero-order valence-electron chi connectivity index (χ0n) is 20.8. The minimum absolute atomic E-state index is 0.147. The molecule has 5 heteroatoms. The van der Waals surface area contributed by atoms with Gasteiger partial charge < -0.3 is 20.5 Å². The third-order valence-corrected chi connectivity index (χ3v) is 8.62. The van der Waals surface area contributed by atoms with Crippen LogP contribution in [0, 0.1) is 23.2 Å². The van der Waals surface area contributed by atoms with E-state index in [1.54, 1.807) is 12.1 Å². The van der Waals surface area contributed by atoms with Gasteiger partial charge in [-0.15, -0.1) is 0 Å². The molecule has 4 fully saturated rings. The van der Waals surface area contributed by atoms with Crippen LogP contribution in [0.1, 0.15) is 48.9 Å². The second kappa shape index (κ2) is 9.87. The van der Waals surface area contributed by atoms with Crippen LogP contribution >= 0.6 is 0 Å². The van der Waals surface area contributed by atoms with Gasteiger partial charge in [-0.25, -0.2) is 0 Å². The highest BCUT2D eigenvalue weighted by atomic mass is 16.5. The number of aliphatic hydroxyl groups is 1. The Labute approximate surface area is 213 Å². The minimum atomic E-state index is -0.629. The van der Waals surface area contributed by atoms with Crippen LogP contribution in [0.25, 0.3) is 10.8 Å². The van der Waals surface area contributed by atoms with E-state index in [-0.39, 0.29) is 12.5 Å². The van der Waals surface area contributed by atoms with Gasteiger partial charge in [-0.05, 0) is 96.7 Å². The molecular formula is C31H36N2O3. The Hall–Kier alpha value is -2.89. The number of ether oxygens (including phenoxy) is 1. The molecule has 0 saturated heterocycles. The third kappa shape index (κ3) is 5.00. The van der Waals surface area contributed by atoms with Gasteiger partial charge in [-0.1, -0.05) is 42.5 Å². The number of hydrogen-bond donors (Lipinski definition) is 3. The van der Waals surface area contributed by atoms with Gasteiger partial charge >= 0.3 is 0 Å². The van der Waals surface area contributed by atoms with Gasteiger partial charge in [-0.3, -0.25) is 4.79 Å². The quantitative estimate of drug-likeness (QED) is 0.368. The zero-order chi connectivity index (χ0) is 24.5. The average molecular weight is 485 g/mol.